The fourth-order valence-corrected chi connectivity index (χ4v) is 2.48. The smallest absolute Gasteiger partial charge is 0.0564 e. The summed E-state index contributed by atoms with van der Waals surface area (Å²) in [4.78, 5) is 2.48. The SMILES string of the molecule is OC1CCN(C2CC(Cl)C2)CC1. The zero-order valence-corrected chi connectivity index (χ0v) is 8.00. The van der Waals surface area contributed by atoms with Gasteiger partial charge in [0.15, 0.2) is 0 Å². The highest BCUT2D eigenvalue weighted by Gasteiger charge is 2.33. The first-order chi connectivity index (χ1) is 5.75. The van der Waals surface area contributed by atoms with E-state index in [1.807, 2.05) is 0 Å². The lowest BCUT2D eigenvalue weighted by Gasteiger charge is -2.43. The summed E-state index contributed by atoms with van der Waals surface area (Å²) in [7, 11) is 0. The molecule has 0 atom stereocenters. The maximum atomic E-state index is 9.30. The number of alkyl halides is 1. The van der Waals surface area contributed by atoms with E-state index in [-0.39, 0.29) is 6.10 Å². The molecule has 0 spiro atoms. The van der Waals surface area contributed by atoms with Gasteiger partial charge in [-0.05, 0) is 25.7 Å². The fraction of sp³-hybridized carbons (Fsp3) is 1.00. The van der Waals surface area contributed by atoms with Crippen LogP contribution in [0.4, 0.5) is 0 Å². The molecule has 0 aromatic carbocycles. The van der Waals surface area contributed by atoms with Crippen molar-refractivity contribution in [2.75, 3.05) is 13.1 Å². The van der Waals surface area contributed by atoms with Crippen LogP contribution in [0, 0.1) is 0 Å². The monoisotopic (exact) mass is 189 g/mol. The van der Waals surface area contributed by atoms with E-state index in [0.29, 0.717) is 5.38 Å². The molecule has 70 valence electrons. The first-order valence-corrected chi connectivity index (χ1v) is 5.25. The predicted octanol–water partition coefficient (Wildman–Crippen LogP) is 1.21. The van der Waals surface area contributed by atoms with Crippen LogP contribution in [-0.4, -0.2) is 40.6 Å². The number of aliphatic hydroxyl groups is 1. The first kappa shape index (κ1) is 8.79. The molecule has 0 amide bonds. The minimum atomic E-state index is -0.0480. The summed E-state index contributed by atoms with van der Waals surface area (Å²) in [5, 5.41) is 9.72. The van der Waals surface area contributed by atoms with E-state index in [4.69, 9.17) is 11.6 Å². The Morgan fingerprint density at radius 3 is 2.25 bits per heavy atom. The Bertz CT molecular complexity index is 151. The first-order valence-electron chi connectivity index (χ1n) is 4.82. The van der Waals surface area contributed by atoms with Gasteiger partial charge in [-0.15, -0.1) is 11.6 Å². The number of rotatable bonds is 1. The molecule has 0 aromatic rings. The summed E-state index contributed by atoms with van der Waals surface area (Å²) in [6.07, 6.45) is 4.15. The molecule has 0 aromatic heterocycles. The zero-order valence-electron chi connectivity index (χ0n) is 7.25. The molecule has 1 heterocycles. The van der Waals surface area contributed by atoms with Crippen molar-refractivity contribution in [3.05, 3.63) is 0 Å². The lowest BCUT2D eigenvalue weighted by atomic mass is 9.89. The van der Waals surface area contributed by atoms with Crippen LogP contribution in [-0.2, 0) is 0 Å². The molecule has 1 aliphatic heterocycles. The number of nitrogens with zero attached hydrogens (tertiary/aromatic N) is 1. The maximum Gasteiger partial charge on any atom is 0.0564 e. The van der Waals surface area contributed by atoms with Crippen molar-refractivity contribution in [2.24, 2.45) is 0 Å². The van der Waals surface area contributed by atoms with Crippen LogP contribution < -0.4 is 0 Å². The molecule has 0 bridgehead atoms. The zero-order chi connectivity index (χ0) is 8.55. The molecule has 1 saturated heterocycles. The number of halogens is 1. The molecule has 2 aliphatic rings. The van der Waals surface area contributed by atoms with Crippen molar-refractivity contribution in [1.82, 2.24) is 4.90 Å². The van der Waals surface area contributed by atoms with E-state index < -0.39 is 0 Å². The molecular formula is C9H16ClNO. The average molecular weight is 190 g/mol. The summed E-state index contributed by atoms with van der Waals surface area (Å²) in [6.45, 7) is 2.13. The Balaban J connectivity index is 1.75. The Kier molecular flexibility index (Phi) is 2.58. The summed E-state index contributed by atoms with van der Waals surface area (Å²) in [5.74, 6) is 0. The van der Waals surface area contributed by atoms with Gasteiger partial charge in [0.1, 0.15) is 0 Å². The number of hydrogen-bond acceptors (Lipinski definition) is 2. The maximum absolute atomic E-state index is 9.30. The number of aliphatic hydroxyl groups excluding tert-OH is 1. The highest BCUT2D eigenvalue weighted by molar-refractivity contribution is 6.21. The van der Waals surface area contributed by atoms with Gasteiger partial charge in [-0.25, -0.2) is 0 Å². The van der Waals surface area contributed by atoms with Crippen molar-refractivity contribution in [2.45, 2.75) is 43.2 Å². The standard InChI is InChI=1S/C9H16ClNO/c10-7-5-8(6-7)11-3-1-9(12)2-4-11/h7-9,12H,1-6H2. The molecule has 3 heteroatoms. The van der Waals surface area contributed by atoms with E-state index in [1.165, 1.54) is 0 Å². The van der Waals surface area contributed by atoms with Crippen LogP contribution in [0.2, 0.25) is 0 Å². The molecule has 2 nitrogen and oxygen atoms in total. The summed E-state index contributed by atoms with van der Waals surface area (Å²) < 4.78 is 0. The minimum absolute atomic E-state index is 0.0480. The third-order valence-electron chi connectivity index (χ3n) is 3.07. The second-order valence-electron chi connectivity index (χ2n) is 3.99. The van der Waals surface area contributed by atoms with Crippen LogP contribution in [0.5, 0.6) is 0 Å². The van der Waals surface area contributed by atoms with Gasteiger partial charge < -0.3 is 10.0 Å². The van der Waals surface area contributed by atoms with Gasteiger partial charge in [0.25, 0.3) is 0 Å². The third-order valence-corrected chi connectivity index (χ3v) is 3.43. The number of piperidine rings is 1. The van der Waals surface area contributed by atoms with Crippen molar-refractivity contribution in [3.8, 4) is 0 Å². The minimum Gasteiger partial charge on any atom is -0.393 e. The van der Waals surface area contributed by atoms with Gasteiger partial charge in [-0.2, -0.15) is 0 Å². The van der Waals surface area contributed by atoms with E-state index in [2.05, 4.69) is 4.90 Å². The summed E-state index contributed by atoms with van der Waals surface area (Å²) >= 11 is 5.92. The Morgan fingerprint density at radius 2 is 1.75 bits per heavy atom. The largest absolute Gasteiger partial charge is 0.393 e. The van der Waals surface area contributed by atoms with Crippen LogP contribution in [0.15, 0.2) is 0 Å². The van der Waals surface area contributed by atoms with E-state index in [0.717, 1.165) is 44.8 Å². The highest BCUT2D eigenvalue weighted by Crippen LogP contribution is 2.31. The van der Waals surface area contributed by atoms with Gasteiger partial charge in [0.2, 0.25) is 0 Å². The second kappa shape index (κ2) is 3.52. The Labute approximate surface area is 78.5 Å². The number of likely N-dealkylation sites (tertiary alicyclic amines) is 1. The molecular weight excluding hydrogens is 174 g/mol. The normalized spacial score (nSPS) is 39.5. The van der Waals surface area contributed by atoms with E-state index in [9.17, 15) is 5.11 Å². The summed E-state index contributed by atoms with van der Waals surface area (Å²) in [5.41, 5.74) is 0. The molecule has 1 N–H and O–H groups in total. The lowest BCUT2D eigenvalue weighted by Crippen LogP contribution is -2.49. The van der Waals surface area contributed by atoms with Crippen LogP contribution >= 0.6 is 11.6 Å². The molecule has 12 heavy (non-hydrogen) atoms. The average Bonchev–Trinajstić information content (AvgIpc) is 2.01. The quantitative estimate of drug-likeness (QED) is 0.627. The molecule has 2 fully saturated rings. The molecule has 1 aliphatic carbocycles. The Morgan fingerprint density at radius 1 is 1.17 bits per heavy atom. The lowest BCUT2D eigenvalue weighted by molar-refractivity contribution is 0.0398. The number of hydrogen-bond donors (Lipinski definition) is 1. The van der Waals surface area contributed by atoms with E-state index in [1.54, 1.807) is 0 Å². The van der Waals surface area contributed by atoms with Crippen LogP contribution in [0.3, 0.4) is 0 Å². The summed E-state index contributed by atoms with van der Waals surface area (Å²) in [6, 6.07) is 0.722. The van der Waals surface area contributed by atoms with Gasteiger partial charge in [-0.3, -0.25) is 0 Å². The second-order valence-corrected chi connectivity index (χ2v) is 4.61. The molecule has 0 unspecified atom stereocenters. The van der Waals surface area contributed by atoms with Crippen molar-refractivity contribution >= 4 is 11.6 Å². The van der Waals surface area contributed by atoms with Crippen molar-refractivity contribution < 1.29 is 5.11 Å². The molecule has 2 rings (SSSR count). The van der Waals surface area contributed by atoms with E-state index >= 15 is 0 Å². The van der Waals surface area contributed by atoms with Gasteiger partial charge in [0.05, 0.1) is 6.10 Å². The van der Waals surface area contributed by atoms with Gasteiger partial charge >= 0.3 is 0 Å². The molecule has 0 radical (unpaired) electrons. The highest BCUT2D eigenvalue weighted by atomic mass is 35.5. The predicted molar refractivity (Wildman–Crippen MR) is 49.5 cm³/mol. The molecule has 1 saturated carbocycles. The third kappa shape index (κ3) is 1.76. The van der Waals surface area contributed by atoms with Gasteiger partial charge in [0, 0.05) is 24.5 Å². The fourth-order valence-electron chi connectivity index (χ4n) is 2.07. The van der Waals surface area contributed by atoms with Crippen LogP contribution in [0.25, 0.3) is 0 Å². The van der Waals surface area contributed by atoms with Crippen molar-refractivity contribution in [1.29, 1.82) is 0 Å². The topological polar surface area (TPSA) is 23.5 Å². The van der Waals surface area contributed by atoms with Crippen LogP contribution in [0.1, 0.15) is 25.7 Å². The van der Waals surface area contributed by atoms with Crippen molar-refractivity contribution in [3.63, 3.8) is 0 Å². The van der Waals surface area contributed by atoms with Gasteiger partial charge in [-0.1, -0.05) is 0 Å². The Hall–Kier alpha value is 0.210.